The quantitative estimate of drug-likeness (QED) is 0.0401. The van der Waals surface area contributed by atoms with Gasteiger partial charge in [-0.05, 0) is 25.2 Å². The smallest absolute Gasteiger partial charge is 0.249 e. The Labute approximate surface area is 287 Å². The van der Waals surface area contributed by atoms with E-state index in [4.69, 9.17) is 0 Å². The van der Waals surface area contributed by atoms with Crippen LogP contribution in [0, 0.1) is 5.92 Å². The molecular formula is C41H81NO4. The predicted molar refractivity (Wildman–Crippen MR) is 199 cm³/mol. The van der Waals surface area contributed by atoms with Gasteiger partial charge in [0.15, 0.2) is 0 Å². The maximum Gasteiger partial charge on any atom is 0.249 e. The first-order valence-corrected chi connectivity index (χ1v) is 20.4. The Morgan fingerprint density at radius 2 is 0.935 bits per heavy atom. The van der Waals surface area contributed by atoms with E-state index in [1.54, 1.807) is 6.08 Å². The highest BCUT2D eigenvalue weighted by Gasteiger charge is 2.22. The lowest BCUT2D eigenvalue weighted by molar-refractivity contribution is -0.131. The van der Waals surface area contributed by atoms with Gasteiger partial charge in [0.1, 0.15) is 6.10 Å². The number of nitrogens with one attached hydrogen (secondary N) is 1. The van der Waals surface area contributed by atoms with Crippen LogP contribution in [0.4, 0.5) is 0 Å². The number of allylic oxidation sites excluding steroid dienone is 1. The van der Waals surface area contributed by atoms with Crippen molar-refractivity contribution in [3.8, 4) is 0 Å². The maximum absolute atomic E-state index is 12.4. The Morgan fingerprint density at radius 3 is 1.33 bits per heavy atom. The number of carbonyl (C=O) groups excluding carboxylic acids is 1. The van der Waals surface area contributed by atoms with Gasteiger partial charge in [-0.2, -0.15) is 0 Å². The van der Waals surface area contributed by atoms with Crippen LogP contribution >= 0.6 is 0 Å². The average molecular weight is 652 g/mol. The summed E-state index contributed by atoms with van der Waals surface area (Å²) in [5.74, 6) is 0.307. The van der Waals surface area contributed by atoms with E-state index in [2.05, 4.69) is 26.1 Å². The molecule has 46 heavy (non-hydrogen) atoms. The second-order valence-electron chi connectivity index (χ2n) is 14.7. The highest BCUT2D eigenvalue weighted by atomic mass is 16.3. The topological polar surface area (TPSA) is 89.8 Å². The van der Waals surface area contributed by atoms with Crippen molar-refractivity contribution in [2.75, 3.05) is 6.61 Å². The Kier molecular flexibility index (Phi) is 34.7. The fourth-order valence-electron chi connectivity index (χ4n) is 6.31. The van der Waals surface area contributed by atoms with E-state index in [0.717, 1.165) is 38.0 Å². The monoisotopic (exact) mass is 652 g/mol. The van der Waals surface area contributed by atoms with Crippen LogP contribution in [-0.4, -0.2) is 46.1 Å². The second-order valence-corrected chi connectivity index (χ2v) is 14.7. The van der Waals surface area contributed by atoms with Crippen molar-refractivity contribution in [2.24, 2.45) is 5.92 Å². The summed E-state index contributed by atoms with van der Waals surface area (Å²) < 4.78 is 0. The van der Waals surface area contributed by atoms with Crippen LogP contribution in [-0.2, 0) is 4.79 Å². The average Bonchev–Trinajstić information content (AvgIpc) is 3.04. The normalized spacial score (nSPS) is 13.9. The summed E-state index contributed by atoms with van der Waals surface area (Å²) in [4.78, 5) is 12.4. The fraction of sp³-hybridized carbons (Fsp3) is 0.927. The van der Waals surface area contributed by atoms with Crippen LogP contribution in [0.15, 0.2) is 12.2 Å². The molecule has 5 nitrogen and oxygen atoms in total. The van der Waals surface area contributed by atoms with Crippen LogP contribution in [0.25, 0.3) is 0 Å². The van der Waals surface area contributed by atoms with Crippen molar-refractivity contribution >= 4 is 5.91 Å². The third-order valence-electron chi connectivity index (χ3n) is 9.56. The molecule has 0 spiro atoms. The van der Waals surface area contributed by atoms with E-state index in [1.807, 2.05) is 6.08 Å². The number of carbonyl (C=O) groups is 1. The van der Waals surface area contributed by atoms with Crippen LogP contribution in [0.3, 0.4) is 0 Å². The number of hydrogen-bond donors (Lipinski definition) is 4. The molecule has 0 rings (SSSR count). The van der Waals surface area contributed by atoms with Gasteiger partial charge in [-0.25, -0.2) is 0 Å². The van der Waals surface area contributed by atoms with E-state index in [9.17, 15) is 20.1 Å². The van der Waals surface area contributed by atoms with Gasteiger partial charge in [-0.3, -0.25) is 4.79 Å². The molecule has 1 unspecified atom stereocenters. The molecule has 0 aliphatic heterocycles. The molecule has 274 valence electrons. The zero-order valence-corrected chi connectivity index (χ0v) is 31.1. The van der Waals surface area contributed by atoms with Crippen molar-refractivity contribution in [1.82, 2.24) is 5.32 Å². The third-order valence-corrected chi connectivity index (χ3v) is 9.56. The first-order valence-electron chi connectivity index (χ1n) is 20.4. The number of aliphatic hydroxyl groups is 3. The van der Waals surface area contributed by atoms with Crippen LogP contribution in [0.1, 0.15) is 213 Å². The molecular weight excluding hydrogens is 570 g/mol. The lowest BCUT2D eigenvalue weighted by Gasteiger charge is -2.21. The Bertz CT molecular complexity index is 652. The zero-order valence-electron chi connectivity index (χ0n) is 31.1. The predicted octanol–water partition coefficient (Wildman–Crippen LogP) is 11.1. The molecule has 1 amide bonds. The summed E-state index contributed by atoms with van der Waals surface area (Å²) in [5.41, 5.74) is 0. The summed E-state index contributed by atoms with van der Waals surface area (Å²) in [6.45, 7) is 6.50. The van der Waals surface area contributed by atoms with E-state index in [0.29, 0.717) is 6.42 Å². The summed E-state index contributed by atoms with van der Waals surface area (Å²) in [7, 11) is 0. The molecule has 0 heterocycles. The van der Waals surface area contributed by atoms with Crippen molar-refractivity contribution < 1.29 is 20.1 Å². The first-order chi connectivity index (χ1) is 22.4. The van der Waals surface area contributed by atoms with E-state index < -0.39 is 24.2 Å². The van der Waals surface area contributed by atoms with Crippen molar-refractivity contribution in [2.45, 2.75) is 232 Å². The summed E-state index contributed by atoms with van der Waals surface area (Å²) in [5, 5.41) is 33.0. The molecule has 4 N–H and O–H groups in total. The SMILES string of the molecule is CCCCCCCCCCCCCCCCCCCCCCC(O)C(=O)N[C@@H](CO)[C@H](O)/C=C/CCCCCCCCCC(C)C. The van der Waals surface area contributed by atoms with Crippen LogP contribution in [0.2, 0.25) is 0 Å². The zero-order chi connectivity index (χ0) is 33.9. The molecule has 0 aliphatic carbocycles. The molecule has 5 heteroatoms. The molecule has 0 fully saturated rings. The highest BCUT2D eigenvalue weighted by Crippen LogP contribution is 2.16. The van der Waals surface area contributed by atoms with Gasteiger partial charge in [0.25, 0.3) is 0 Å². The molecule has 0 aliphatic rings. The van der Waals surface area contributed by atoms with E-state index in [-0.39, 0.29) is 6.61 Å². The largest absolute Gasteiger partial charge is 0.394 e. The lowest BCUT2D eigenvalue weighted by Crippen LogP contribution is -2.48. The van der Waals surface area contributed by atoms with Crippen molar-refractivity contribution in [1.29, 1.82) is 0 Å². The second kappa shape index (κ2) is 35.4. The van der Waals surface area contributed by atoms with Gasteiger partial charge >= 0.3 is 0 Å². The van der Waals surface area contributed by atoms with Gasteiger partial charge < -0.3 is 20.6 Å². The molecule has 0 aromatic carbocycles. The summed E-state index contributed by atoms with van der Waals surface area (Å²) in [6.07, 6.45) is 39.6. The number of rotatable bonds is 36. The van der Waals surface area contributed by atoms with Gasteiger partial charge in [0.05, 0.1) is 18.8 Å². The van der Waals surface area contributed by atoms with Crippen molar-refractivity contribution in [3.05, 3.63) is 12.2 Å². The number of hydrogen-bond acceptors (Lipinski definition) is 4. The standard InChI is InChI=1S/C41H81NO4/c1-4-5-6-7-8-9-10-11-12-13-14-15-16-17-18-19-22-26-29-32-35-40(45)41(46)42-38(36-43)39(44)34-31-28-25-23-20-21-24-27-30-33-37(2)3/h31,34,37-40,43-45H,4-30,32-33,35-36H2,1-3H3,(H,42,46)/b34-31+/t38-,39+,40?/m0/s1. The molecule has 0 bridgehead atoms. The summed E-state index contributed by atoms with van der Waals surface area (Å²) >= 11 is 0. The molecule has 0 radical (unpaired) electrons. The Morgan fingerprint density at radius 1 is 0.565 bits per heavy atom. The lowest BCUT2D eigenvalue weighted by atomic mass is 10.0. The number of aliphatic hydroxyl groups excluding tert-OH is 3. The third kappa shape index (κ3) is 31.7. The highest BCUT2D eigenvalue weighted by molar-refractivity contribution is 5.80. The van der Waals surface area contributed by atoms with Crippen LogP contribution in [0.5, 0.6) is 0 Å². The van der Waals surface area contributed by atoms with Gasteiger partial charge in [0.2, 0.25) is 5.91 Å². The fourth-order valence-corrected chi connectivity index (χ4v) is 6.31. The van der Waals surface area contributed by atoms with Crippen molar-refractivity contribution in [3.63, 3.8) is 0 Å². The van der Waals surface area contributed by atoms with Crippen LogP contribution < -0.4 is 5.32 Å². The molecule has 3 atom stereocenters. The van der Waals surface area contributed by atoms with Gasteiger partial charge in [0, 0.05) is 0 Å². The van der Waals surface area contributed by atoms with Gasteiger partial charge in [-0.1, -0.05) is 206 Å². The molecule has 0 aromatic rings. The summed E-state index contributed by atoms with van der Waals surface area (Å²) in [6, 6.07) is -0.792. The van der Waals surface area contributed by atoms with Gasteiger partial charge in [-0.15, -0.1) is 0 Å². The minimum absolute atomic E-state index is 0.361. The minimum Gasteiger partial charge on any atom is -0.394 e. The number of amides is 1. The Balaban J connectivity index is 3.64. The first kappa shape index (κ1) is 45.1. The molecule has 0 saturated heterocycles. The van der Waals surface area contributed by atoms with E-state index in [1.165, 1.54) is 154 Å². The van der Waals surface area contributed by atoms with E-state index >= 15 is 0 Å². The number of unbranched alkanes of at least 4 members (excludes halogenated alkanes) is 26. The Hall–Kier alpha value is -0.910. The molecule has 0 saturated carbocycles. The maximum atomic E-state index is 12.4. The molecule has 0 aromatic heterocycles. The minimum atomic E-state index is -1.09.